The van der Waals surface area contributed by atoms with E-state index < -0.39 is 11.7 Å². The molecule has 22 heavy (non-hydrogen) atoms. The Balaban J connectivity index is 2.15. The fourth-order valence-electron chi connectivity index (χ4n) is 2.36. The van der Waals surface area contributed by atoms with Crippen LogP contribution in [0.5, 0.6) is 0 Å². The number of benzene rings is 2. The largest absolute Gasteiger partial charge is 0.416 e. The van der Waals surface area contributed by atoms with Crippen molar-refractivity contribution in [2.24, 2.45) is 0 Å². The molecule has 0 saturated heterocycles. The molecule has 3 aromatic rings. The molecule has 0 saturated carbocycles. The van der Waals surface area contributed by atoms with Crippen LogP contribution >= 0.6 is 15.9 Å². The van der Waals surface area contributed by atoms with Gasteiger partial charge in [-0.05, 0) is 35.9 Å². The van der Waals surface area contributed by atoms with E-state index in [1.165, 1.54) is 12.1 Å². The van der Waals surface area contributed by atoms with Crippen LogP contribution in [0.2, 0.25) is 0 Å². The van der Waals surface area contributed by atoms with Gasteiger partial charge in [-0.1, -0.05) is 28.1 Å². The Kier molecular flexibility index (Phi) is 3.56. The van der Waals surface area contributed by atoms with Crippen molar-refractivity contribution in [3.8, 4) is 11.3 Å². The van der Waals surface area contributed by atoms with Crippen LogP contribution < -0.4 is 0 Å². The maximum Gasteiger partial charge on any atom is 0.416 e. The second-order valence-electron chi connectivity index (χ2n) is 4.80. The highest BCUT2D eigenvalue weighted by atomic mass is 79.9. The lowest BCUT2D eigenvalue weighted by molar-refractivity contribution is -0.137. The first-order valence-electron chi connectivity index (χ1n) is 6.34. The second kappa shape index (κ2) is 5.28. The Bertz CT molecular complexity index is 850. The van der Waals surface area contributed by atoms with E-state index in [1.807, 2.05) is 6.07 Å². The van der Waals surface area contributed by atoms with Crippen molar-refractivity contribution in [3.63, 3.8) is 0 Å². The number of hydrogen-bond acceptors (Lipinski definition) is 1. The number of hydrogen-bond donors (Lipinski definition) is 1. The molecule has 0 aliphatic rings. The van der Waals surface area contributed by atoms with E-state index >= 15 is 0 Å². The monoisotopic (exact) mass is 367 g/mol. The summed E-state index contributed by atoms with van der Waals surface area (Å²) in [5.41, 5.74) is 1.50. The lowest BCUT2D eigenvalue weighted by Gasteiger charge is -2.07. The van der Waals surface area contributed by atoms with E-state index in [9.17, 15) is 18.0 Å². The van der Waals surface area contributed by atoms with E-state index in [-0.39, 0.29) is 0 Å². The Morgan fingerprint density at radius 2 is 1.73 bits per heavy atom. The van der Waals surface area contributed by atoms with Gasteiger partial charge in [0.05, 0.1) is 11.3 Å². The molecule has 1 aromatic heterocycles. The molecule has 0 unspecified atom stereocenters. The van der Waals surface area contributed by atoms with Gasteiger partial charge in [0.15, 0.2) is 6.29 Å². The van der Waals surface area contributed by atoms with Gasteiger partial charge in [-0.2, -0.15) is 13.2 Å². The van der Waals surface area contributed by atoms with Crippen LogP contribution in [0, 0.1) is 0 Å². The average molecular weight is 368 g/mol. The van der Waals surface area contributed by atoms with Gasteiger partial charge in [0, 0.05) is 20.9 Å². The molecule has 0 atom stereocenters. The van der Waals surface area contributed by atoms with E-state index in [4.69, 9.17) is 0 Å². The molecule has 0 amide bonds. The molecule has 3 rings (SSSR count). The molecule has 112 valence electrons. The van der Waals surface area contributed by atoms with Crippen LogP contribution in [0.4, 0.5) is 13.2 Å². The lowest BCUT2D eigenvalue weighted by atomic mass is 10.0. The summed E-state index contributed by atoms with van der Waals surface area (Å²) in [6.45, 7) is 0. The number of aromatic amines is 1. The summed E-state index contributed by atoms with van der Waals surface area (Å²) >= 11 is 3.34. The summed E-state index contributed by atoms with van der Waals surface area (Å²) < 4.78 is 38.7. The standard InChI is InChI=1S/C16H9BrF3NO/c17-11-5-6-14-12(7-11)13(8-22)15(21-14)9-1-3-10(4-2-9)16(18,19)20/h1-8,21H. The van der Waals surface area contributed by atoms with Crippen molar-refractivity contribution < 1.29 is 18.0 Å². The molecule has 2 nitrogen and oxygen atoms in total. The predicted octanol–water partition coefficient (Wildman–Crippen LogP) is 5.43. The van der Waals surface area contributed by atoms with Crippen LogP contribution in [0.15, 0.2) is 46.9 Å². The molecule has 0 aliphatic heterocycles. The fraction of sp³-hybridized carbons (Fsp3) is 0.0625. The average Bonchev–Trinajstić information content (AvgIpc) is 2.84. The van der Waals surface area contributed by atoms with Gasteiger partial charge in [-0.3, -0.25) is 4.79 Å². The van der Waals surface area contributed by atoms with Gasteiger partial charge in [0.2, 0.25) is 0 Å². The maximum absolute atomic E-state index is 12.6. The molecule has 2 aromatic carbocycles. The van der Waals surface area contributed by atoms with Gasteiger partial charge < -0.3 is 4.98 Å². The Morgan fingerprint density at radius 1 is 1.05 bits per heavy atom. The van der Waals surface area contributed by atoms with Gasteiger partial charge in [-0.25, -0.2) is 0 Å². The number of carbonyl (C=O) groups is 1. The molecular weight excluding hydrogens is 359 g/mol. The van der Waals surface area contributed by atoms with Crippen molar-refractivity contribution in [2.75, 3.05) is 0 Å². The number of rotatable bonds is 2. The van der Waals surface area contributed by atoms with Crippen molar-refractivity contribution in [3.05, 3.63) is 58.1 Å². The first-order chi connectivity index (χ1) is 10.4. The molecular formula is C16H9BrF3NO. The predicted molar refractivity (Wildman–Crippen MR) is 81.8 cm³/mol. The topological polar surface area (TPSA) is 32.9 Å². The molecule has 0 radical (unpaired) electrons. The lowest BCUT2D eigenvalue weighted by Crippen LogP contribution is -2.04. The van der Waals surface area contributed by atoms with Crippen molar-refractivity contribution in [1.82, 2.24) is 4.98 Å². The Morgan fingerprint density at radius 3 is 2.32 bits per heavy atom. The highest BCUT2D eigenvalue weighted by Gasteiger charge is 2.30. The third kappa shape index (κ3) is 2.54. The van der Waals surface area contributed by atoms with Crippen LogP contribution in [0.25, 0.3) is 22.2 Å². The van der Waals surface area contributed by atoms with Crippen LogP contribution in [0.3, 0.4) is 0 Å². The zero-order valence-corrected chi connectivity index (χ0v) is 12.6. The molecule has 1 heterocycles. The Hall–Kier alpha value is -2.08. The first kappa shape index (κ1) is 14.8. The summed E-state index contributed by atoms with van der Waals surface area (Å²) in [4.78, 5) is 14.5. The first-order valence-corrected chi connectivity index (χ1v) is 7.13. The number of aromatic nitrogens is 1. The number of alkyl halides is 3. The van der Waals surface area contributed by atoms with Gasteiger partial charge in [0.1, 0.15) is 0 Å². The highest BCUT2D eigenvalue weighted by Crippen LogP contribution is 2.34. The molecule has 1 N–H and O–H groups in total. The van der Waals surface area contributed by atoms with Crippen LogP contribution in [-0.4, -0.2) is 11.3 Å². The number of nitrogens with one attached hydrogen (secondary N) is 1. The van der Waals surface area contributed by atoms with Gasteiger partial charge >= 0.3 is 6.18 Å². The Labute approximate surface area is 132 Å². The molecule has 0 bridgehead atoms. The summed E-state index contributed by atoms with van der Waals surface area (Å²) in [5, 5.41) is 0.722. The molecule has 0 aliphatic carbocycles. The number of aldehydes is 1. The summed E-state index contributed by atoms with van der Waals surface area (Å²) in [6, 6.07) is 10.1. The number of fused-ring (bicyclic) bond motifs is 1. The summed E-state index contributed by atoms with van der Waals surface area (Å²) in [5.74, 6) is 0. The molecule has 0 fully saturated rings. The minimum Gasteiger partial charge on any atom is -0.354 e. The number of halogens is 4. The van der Waals surface area contributed by atoms with Gasteiger partial charge in [0.25, 0.3) is 0 Å². The number of carbonyl (C=O) groups excluding carboxylic acids is 1. The quantitative estimate of drug-likeness (QED) is 0.602. The maximum atomic E-state index is 12.6. The van der Waals surface area contributed by atoms with Gasteiger partial charge in [-0.15, -0.1) is 0 Å². The van der Waals surface area contributed by atoms with E-state index in [0.29, 0.717) is 23.1 Å². The fourth-order valence-corrected chi connectivity index (χ4v) is 2.72. The van der Waals surface area contributed by atoms with Crippen molar-refractivity contribution >= 4 is 33.1 Å². The molecule has 0 spiro atoms. The van der Waals surface area contributed by atoms with Crippen molar-refractivity contribution in [1.29, 1.82) is 0 Å². The van der Waals surface area contributed by atoms with Crippen LogP contribution in [0.1, 0.15) is 15.9 Å². The van der Waals surface area contributed by atoms with Crippen LogP contribution in [-0.2, 0) is 6.18 Å². The van der Waals surface area contributed by atoms with E-state index in [2.05, 4.69) is 20.9 Å². The third-order valence-corrected chi connectivity index (χ3v) is 3.91. The smallest absolute Gasteiger partial charge is 0.354 e. The summed E-state index contributed by atoms with van der Waals surface area (Å²) in [6.07, 6.45) is -3.67. The third-order valence-electron chi connectivity index (χ3n) is 3.42. The van der Waals surface area contributed by atoms with E-state index in [0.717, 1.165) is 27.5 Å². The van der Waals surface area contributed by atoms with Crippen molar-refractivity contribution in [2.45, 2.75) is 6.18 Å². The zero-order valence-electron chi connectivity index (χ0n) is 11.0. The highest BCUT2D eigenvalue weighted by molar-refractivity contribution is 9.10. The SMILES string of the molecule is O=Cc1c(-c2ccc(C(F)(F)F)cc2)[nH]c2ccc(Br)cc12. The minimum atomic E-state index is -4.38. The summed E-state index contributed by atoms with van der Waals surface area (Å²) in [7, 11) is 0. The molecule has 6 heteroatoms. The minimum absolute atomic E-state index is 0.427. The number of H-pyrrole nitrogens is 1. The second-order valence-corrected chi connectivity index (χ2v) is 5.71. The normalized spacial score (nSPS) is 11.8. The van der Waals surface area contributed by atoms with E-state index in [1.54, 1.807) is 12.1 Å². The zero-order chi connectivity index (χ0) is 15.9.